The van der Waals surface area contributed by atoms with E-state index in [-0.39, 0.29) is 11.3 Å². The van der Waals surface area contributed by atoms with Crippen LogP contribution in [0.2, 0.25) is 10.0 Å². The third-order valence-electron chi connectivity index (χ3n) is 3.97. The molecule has 1 aliphatic carbocycles. The number of aldehydes is 1. The van der Waals surface area contributed by atoms with E-state index in [9.17, 15) is 4.79 Å². The molecule has 1 aliphatic heterocycles. The Labute approximate surface area is 104 Å². The van der Waals surface area contributed by atoms with Gasteiger partial charge in [-0.05, 0) is 30.2 Å². The summed E-state index contributed by atoms with van der Waals surface area (Å²) in [6, 6.07) is 5.69. The van der Waals surface area contributed by atoms with Gasteiger partial charge in [-0.1, -0.05) is 29.3 Å². The molecule has 4 heteroatoms. The first-order valence-corrected chi connectivity index (χ1v) is 6.07. The van der Waals surface area contributed by atoms with Gasteiger partial charge in [-0.3, -0.25) is 0 Å². The molecule has 2 aliphatic rings. The maximum atomic E-state index is 11.0. The molecule has 0 amide bonds. The Hall–Kier alpha value is -0.570. The van der Waals surface area contributed by atoms with Crippen LogP contribution < -0.4 is 5.32 Å². The lowest BCUT2D eigenvalue weighted by Crippen LogP contribution is -2.23. The highest BCUT2D eigenvalue weighted by Crippen LogP contribution is 2.61. The molecule has 0 bridgehead atoms. The fourth-order valence-corrected chi connectivity index (χ4v) is 3.35. The lowest BCUT2D eigenvalue weighted by molar-refractivity contribution is -0.109. The second-order valence-electron chi connectivity index (χ2n) is 4.57. The number of rotatable bonds is 2. The van der Waals surface area contributed by atoms with Crippen molar-refractivity contribution >= 4 is 29.5 Å². The van der Waals surface area contributed by atoms with Crippen LogP contribution in [0.15, 0.2) is 18.2 Å². The van der Waals surface area contributed by atoms with Gasteiger partial charge in [-0.15, -0.1) is 0 Å². The van der Waals surface area contributed by atoms with Gasteiger partial charge in [0.25, 0.3) is 0 Å². The van der Waals surface area contributed by atoms with Crippen molar-refractivity contribution in [3.05, 3.63) is 33.8 Å². The van der Waals surface area contributed by atoms with Crippen LogP contribution in [0.25, 0.3) is 0 Å². The highest BCUT2D eigenvalue weighted by molar-refractivity contribution is 6.42. The van der Waals surface area contributed by atoms with Crippen LogP contribution in [0.4, 0.5) is 0 Å². The summed E-state index contributed by atoms with van der Waals surface area (Å²) >= 11 is 11.9. The Balaban J connectivity index is 2.03. The summed E-state index contributed by atoms with van der Waals surface area (Å²) in [5.74, 6) is 0.577. The van der Waals surface area contributed by atoms with Gasteiger partial charge in [0.05, 0.1) is 10.0 Å². The average molecular weight is 256 g/mol. The summed E-state index contributed by atoms with van der Waals surface area (Å²) in [6.45, 7) is 1.78. The molecule has 3 unspecified atom stereocenters. The molecule has 0 radical (unpaired) electrons. The third-order valence-corrected chi connectivity index (χ3v) is 4.71. The maximum absolute atomic E-state index is 11.0. The molecule has 2 nitrogen and oxygen atoms in total. The van der Waals surface area contributed by atoms with Crippen LogP contribution in [0.3, 0.4) is 0 Å². The molecule has 1 aromatic rings. The van der Waals surface area contributed by atoms with E-state index in [4.69, 9.17) is 23.2 Å². The van der Waals surface area contributed by atoms with Gasteiger partial charge < -0.3 is 10.1 Å². The molecule has 1 saturated heterocycles. The normalized spacial score (nSPS) is 35.9. The Morgan fingerprint density at radius 2 is 2.19 bits per heavy atom. The first kappa shape index (κ1) is 10.6. The number of carbonyl (C=O) groups excluding carboxylic acids is 1. The largest absolute Gasteiger partial charge is 0.315 e. The lowest BCUT2D eigenvalue weighted by atomic mass is 9.93. The molecule has 2 fully saturated rings. The molecule has 1 N–H and O–H groups in total. The Kier molecular flexibility index (Phi) is 2.29. The minimum Gasteiger partial charge on any atom is -0.315 e. The zero-order valence-electron chi connectivity index (χ0n) is 8.54. The van der Waals surface area contributed by atoms with Crippen LogP contribution in [0, 0.1) is 11.8 Å². The van der Waals surface area contributed by atoms with E-state index < -0.39 is 0 Å². The summed E-state index contributed by atoms with van der Waals surface area (Å²) in [6.07, 6.45) is 1.08. The predicted molar refractivity (Wildman–Crippen MR) is 64.1 cm³/mol. The van der Waals surface area contributed by atoms with Crippen LogP contribution in [0.5, 0.6) is 0 Å². The minimum absolute atomic E-state index is 0.0179. The van der Waals surface area contributed by atoms with Crippen molar-refractivity contribution in [2.45, 2.75) is 5.41 Å². The molecular weight excluding hydrogens is 245 g/mol. The van der Waals surface area contributed by atoms with Crippen molar-refractivity contribution in [2.75, 3.05) is 13.1 Å². The first-order chi connectivity index (χ1) is 7.70. The smallest absolute Gasteiger partial charge is 0.124 e. The van der Waals surface area contributed by atoms with Crippen LogP contribution >= 0.6 is 23.2 Å². The molecule has 84 valence electrons. The highest BCUT2D eigenvalue weighted by Gasteiger charge is 2.67. The fourth-order valence-electron chi connectivity index (χ4n) is 3.05. The SMILES string of the molecule is O=CC1C2CNCC12c1ccc(Cl)c(Cl)c1. The summed E-state index contributed by atoms with van der Waals surface area (Å²) in [4.78, 5) is 11.0. The molecule has 3 rings (SSSR count). The van der Waals surface area contributed by atoms with E-state index >= 15 is 0 Å². The lowest BCUT2D eigenvalue weighted by Gasteiger charge is -2.14. The number of fused-ring (bicyclic) bond motifs is 1. The predicted octanol–water partition coefficient (Wildman–Crippen LogP) is 2.28. The molecule has 0 spiro atoms. The van der Waals surface area contributed by atoms with E-state index in [1.54, 1.807) is 0 Å². The molecular formula is C12H11Cl2NO. The van der Waals surface area contributed by atoms with Crippen molar-refractivity contribution in [1.82, 2.24) is 5.32 Å². The Morgan fingerprint density at radius 1 is 1.38 bits per heavy atom. The minimum atomic E-state index is -0.0179. The molecule has 1 saturated carbocycles. The van der Waals surface area contributed by atoms with Crippen molar-refractivity contribution in [1.29, 1.82) is 0 Å². The van der Waals surface area contributed by atoms with Crippen molar-refractivity contribution in [2.24, 2.45) is 11.8 Å². The summed E-state index contributed by atoms with van der Waals surface area (Å²) in [7, 11) is 0. The van der Waals surface area contributed by atoms with Gasteiger partial charge in [-0.2, -0.15) is 0 Å². The van der Waals surface area contributed by atoms with E-state index in [0.29, 0.717) is 16.0 Å². The fraction of sp³-hybridized carbons (Fsp3) is 0.417. The number of nitrogens with one attached hydrogen (secondary N) is 1. The number of benzene rings is 1. The number of piperidine rings is 1. The van der Waals surface area contributed by atoms with Gasteiger partial charge in [0.2, 0.25) is 0 Å². The molecule has 1 heterocycles. The Morgan fingerprint density at radius 3 is 2.81 bits per heavy atom. The number of halogens is 2. The standard InChI is InChI=1S/C12H11Cl2NO/c13-10-2-1-7(3-11(10)14)12-6-15-4-8(12)9(12)5-16/h1-3,5,8-9,15H,4,6H2. The average Bonchev–Trinajstić information content (AvgIpc) is 2.69. The van der Waals surface area contributed by atoms with Crippen LogP contribution in [0.1, 0.15) is 5.56 Å². The van der Waals surface area contributed by atoms with Gasteiger partial charge >= 0.3 is 0 Å². The van der Waals surface area contributed by atoms with E-state index in [1.165, 1.54) is 0 Å². The van der Waals surface area contributed by atoms with E-state index in [0.717, 1.165) is 24.9 Å². The molecule has 16 heavy (non-hydrogen) atoms. The van der Waals surface area contributed by atoms with Crippen LogP contribution in [-0.2, 0) is 10.2 Å². The highest BCUT2D eigenvalue weighted by atomic mass is 35.5. The van der Waals surface area contributed by atoms with Gasteiger partial charge in [0.1, 0.15) is 6.29 Å². The van der Waals surface area contributed by atoms with Crippen molar-refractivity contribution in [3.63, 3.8) is 0 Å². The van der Waals surface area contributed by atoms with E-state index in [2.05, 4.69) is 5.32 Å². The van der Waals surface area contributed by atoms with Gasteiger partial charge in [0.15, 0.2) is 0 Å². The van der Waals surface area contributed by atoms with Crippen LogP contribution in [-0.4, -0.2) is 19.4 Å². The van der Waals surface area contributed by atoms with Gasteiger partial charge in [-0.25, -0.2) is 0 Å². The number of hydrogen-bond acceptors (Lipinski definition) is 2. The zero-order chi connectivity index (χ0) is 11.3. The summed E-state index contributed by atoms with van der Waals surface area (Å²) in [5, 5.41) is 4.45. The summed E-state index contributed by atoms with van der Waals surface area (Å²) in [5.41, 5.74) is 1.12. The maximum Gasteiger partial charge on any atom is 0.124 e. The van der Waals surface area contributed by atoms with Crippen molar-refractivity contribution in [3.8, 4) is 0 Å². The molecule has 1 aromatic carbocycles. The second-order valence-corrected chi connectivity index (χ2v) is 5.38. The number of hydrogen-bond donors (Lipinski definition) is 1. The second kappa shape index (κ2) is 3.46. The first-order valence-electron chi connectivity index (χ1n) is 5.31. The van der Waals surface area contributed by atoms with Crippen molar-refractivity contribution < 1.29 is 4.79 Å². The molecule has 3 atom stereocenters. The Bertz CT molecular complexity index is 462. The quantitative estimate of drug-likeness (QED) is 0.822. The zero-order valence-corrected chi connectivity index (χ0v) is 10.1. The monoisotopic (exact) mass is 255 g/mol. The molecule has 0 aromatic heterocycles. The summed E-state index contributed by atoms with van der Waals surface area (Å²) < 4.78 is 0. The van der Waals surface area contributed by atoms with Gasteiger partial charge in [0, 0.05) is 17.9 Å². The third kappa shape index (κ3) is 1.21. The topological polar surface area (TPSA) is 29.1 Å². The van der Waals surface area contributed by atoms with E-state index in [1.807, 2.05) is 18.2 Å². The number of carbonyl (C=O) groups is 1.